The number of nitrogen functional groups attached to an aromatic ring is 1. The number of carbonyl (C=O) groups is 1. The lowest BCUT2D eigenvalue weighted by atomic mass is 10.2. The third-order valence-electron chi connectivity index (χ3n) is 2.55. The summed E-state index contributed by atoms with van der Waals surface area (Å²) < 4.78 is 10.3. The van der Waals surface area contributed by atoms with Gasteiger partial charge in [0.2, 0.25) is 0 Å². The lowest BCUT2D eigenvalue weighted by Crippen LogP contribution is -2.32. The summed E-state index contributed by atoms with van der Waals surface area (Å²) in [5.41, 5.74) is 2.58. The quantitative estimate of drug-likeness (QED) is 0.409. The Labute approximate surface area is 101 Å². The number of furan rings is 1. The fourth-order valence-electron chi connectivity index (χ4n) is 1.52. The summed E-state index contributed by atoms with van der Waals surface area (Å²) in [6, 6.07) is 1.61. The van der Waals surface area contributed by atoms with Crippen molar-refractivity contribution in [3.8, 4) is 0 Å². The number of likely N-dealkylation sites (N-methyl/N-ethyl adjacent to an activating group) is 1. The summed E-state index contributed by atoms with van der Waals surface area (Å²) in [7, 11) is 1.66. The van der Waals surface area contributed by atoms with Gasteiger partial charge in [0.25, 0.3) is 5.91 Å². The van der Waals surface area contributed by atoms with Gasteiger partial charge in [-0.2, -0.15) is 0 Å². The highest BCUT2D eigenvalue weighted by atomic mass is 16.5. The number of amides is 1. The first kappa shape index (κ1) is 13.7. The Balaban J connectivity index is 2.66. The lowest BCUT2D eigenvalue weighted by Gasteiger charge is -2.18. The molecule has 6 heteroatoms. The SMILES string of the molecule is CCN(CCOC)Cc1occc1C(=O)NN. The molecule has 0 bridgehead atoms. The molecule has 1 aromatic rings. The number of rotatable bonds is 7. The number of nitrogens with zero attached hydrogens (tertiary/aromatic N) is 1. The fraction of sp³-hybridized carbons (Fsp3) is 0.545. The van der Waals surface area contributed by atoms with Crippen molar-refractivity contribution >= 4 is 5.91 Å². The van der Waals surface area contributed by atoms with E-state index < -0.39 is 0 Å². The van der Waals surface area contributed by atoms with Gasteiger partial charge in [-0.15, -0.1) is 0 Å². The molecular weight excluding hydrogens is 222 g/mol. The molecule has 6 nitrogen and oxygen atoms in total. The molecule has 0 aliphatic carbocycles. The minimum absolute atomic E-state index is 0.337. The highest BCUT2D eigenvalue weighted by Gasteiger charge is 2.15. The number of methoxy groups -OCH3 is 1. The van der Waals surface area contributed by atoms with Crippen LogP contribution in [0.5, 0.6) is 0 Å². The number of carbonyl (C=O) groups excluding carboxylic acids is 1. The van der Waals surface area contributed by atoms with Crippen molar-refractivity contribution in [3.63, 3.8) is 0 Å². The van der Waals surface area contributed by atoms with Gasteiger partial charge in [0.1, 0.15) is 5.76 Å². The van der Waals surface area contributed by atoms with E-state index in [2.05, 4.69) is 10.3 Å². The molecule has 17 heavy (non-hydrogen) atoms. The third kappa shape index (κ3) is 3.85. The van der Waals surface area contributed by atoms with Crippen LogP contribution in [0.3, 0.4) is 0 Å². The van der Waals surface area contributed by atoms with Crippen LogP contribution in [0.25, 0.3) is 0 Å². The largest absolute Gasteiger partial charge is 0.467 e. The fourth-order valence-corrected chi connectivity index (χ4v) is 1.52. The second-order valence-electron chi connectivity index (χ2n) is 3.59. The number of hydrogen-bond acceptors (Lipinski definition) is 5. The van der Waals surface area contributed by atoms with Gasteiger partial charge in [-0.05, 0) is 12.6 Å². The molecule has 1 amide bonds. The molecule has 0 aliphatic rings. The van der Waals surface area contributed by atoms with Gasteiger partial charge in [-0.25, -0.2) is 5.84 Å². The lowest BCUT2D eigenvalue weighted by molar-refractivity contribution is 0.0948. The maximum Gasteiger partial charge on any atom is 0.268 e. The Kier molecular flexibility index (Phi) is 5.68. The number of hydrazine groups is 1. The van der Waals surface area contributed by atoms with E-state index in [0.717, 1.165) is 13.1 Å². The van der Waals surface area contributed by atoms with E-state index >= 15 is 0 Å². The van der Waals surface area contributed by atoms with Crippen molar-refractivity contribution in [1.82, 2.24) is 10.3 Å². The van der Waals surface area contributed by atoms with E-state index in [4.69, 9.17) is 15.0 Å². The van der Waals surface area contributed by atoms with Gasteiger partial charge in [-0.3, -0.25) is 15.1 Å². The van der Waals surface area contributed by atoms with E-state index in [1.54, 1.807) is 13.2 Å². The van der Waals surface area contributed by atoms with Crippen molar-refractivity contribution < 1.29 is 13.9 Å². The minimum atomic E-state index is -0.337. The normalized spacial score (nSPS) is 10.8. The van der Waals surface area contributed by atoms with Gasteiger partial charge in [0, 0.05) is 13.7 Å². The molecule has 96 valence electrons. The van der Waals surface area contributed by atoms with Crippen molar-refractivity contribution in [1.29, 1.82) is 0 Å². The second kappa shape index (κ2) is 7.05. The maximum atomic E-state index is 11.4. The molecule has 0 radical (unpaired) electrons. The number of hydrogen-bond donors (Lipinski definition) is 2. The summed E-state index contributed by atoms with van der Waals surface area (Å²) in [6.45, 7) is 4.90. The maximum absolute atomic E-state index is 11.4. The molecule has 0 atom stereocenters. The Morgan fingerprint density at radius 2 is 2.41 bits per heavy atom. The minimum Gasteiger partial charge on any atom is -0.467 e. The molecule has 0 saturated carbocycles. The Bertz CT molecular complexity index is 351. The second-order valence-corrected chi connectivity index (χ2v) is 3.59. The monoisotopic (exact) mass is 241 g/mol. The molecule has 0 unspecified atom stereocenters. The van der Waals surface area contributed by atoms with E-state index in [1.165, 1.54) is 6.26 Å². The molecule has 1 heterocycles. The van der Waals surface area contributed by atoms with Crippen LogP contribution in [0, 0.1) is 0 Å². The first-order valence-corrected chi connectivity index (χ1v) is 5.51. The smallest absolute Gasteiger partial charge is 0.268 e. The molecule has 1 aromatic heterocycles. The number of ether oxygens (including phenoxy) is 1. The van der Waals surface area contributed by atoms with Crippen LogP contribution in [-0.4, -0.2) is 37.6 Å². The van der Waals surface area contributed by atoms with E-state index in [0.29, 0.717) is 24.5 Å². The summed E-state index contributed by atoms with van der Waals surface area (Å²) in [4.78, 5) is 13.6. The van der Waals surface area contributed by atoms with Gasteiger partial charge in [0.15, 0.2) is 0 Å². The van der Waals surface area contributed by atoms with Gasteiger partial charge in [0.05, 0.1) is 25.0 Å². The highest BCUT2D eigenvalue weighted by molar-refractivity contribution is 5.94. The molecule has 0 fully saturated rings. The number of nitrogens with one attached hydrogen (secondary N) is 1. The molecule has 0 spiro atoms. The number of nitrogens with two attached hydrogens (primary N) is 1. The van der Waals surface area contributed by atoms with Crippen LogP contribution in [-0.2, 0) is 11.3 Å². The van der Waals surface area contributed by atoms with Crippen LogP contribution < -0.4 is 11.3 Å². The Morgan fingerprint density at radius 3 is 3.00 bits per heavy atom. The first-order chi connectivity index (χ1) is 8.22. The molecule has 0 aliphatic heterocycles. The first-order valence-electron chi connectivity index (χ1n) is 5.51. The average Bonchev–Trinajstić information content (AvgIpc) is 2.81. The third-order valence-corrected chi connectivity index (χ3v) is 2.55. The zero-order chi connectivity index (χ0) is 12.7. The predicted octanol–water partition coefficient (Wildman–Crippen LogP) is 0.351. The zero-order valence-corrected chi connectivity index (χ0v) is 10.2. The van der Waals surface area contributed by atoms with Gasteiger partial charge in [-0.1, -0.05) is 6.92 Å². The van der Waals surface area contributed by atoms with Gasteiger partial charge >= 0.3 is 0 Å². The van der Waals surface area contributed by atoms with Crippen LogP contribution >= 0.6 is 0 Å². The summed E-state index contributed by atoms with van der Waals surface area (Å²) in [5, 5.41) is 0. The van der Waals surface area contributed by atoms with E-state index in [9.17, 15) is 4.79 Å². The van der Waals surface area contributed by atoms with E-state index in [1.807, 2.05) is 6.92 Å². The summed E-state index contributed by atoms with van der Waals surface area (Å²) in [6.07, 6.45) is 1.49. The van der Waals surface area contributed by atoms with E-state index in [-0.39, 0.29) is 5.91 Å². The van der Waals surface area contributed by atoms with Gasteiger partial charge < -0.3 is 9.15 Å². The zero-order valence-electron chi connectivity index (χ0n) is 10.2. The molecule has 1 rings (SSSR count). The van der Waals surface area contributed by atoms with Crippen LogP contribution in [0.1, 0.15) is 23.0 Å². The average molecular weight is 241 g/mol. The van der Waals surface area contributed by atoms with Crippen molar-refractivity contribution in [2.45, 2.75) is 13.5 Å². The van der Waals surface area contributed by atoms with Crippen molar-refractivity contribution in [2.75, 3.05) is 26.8 Å². The predicted molar refractivity (Wildman–Crippen MR) is 63.2 cm³/mol. The molecule has 3 N–H and O–H groups in total. The topological polar surface area (TPSA) is 80.7 Å². The Morgan fingerprint density at radius 1 is 1.65 bits per heavy atom. The van der Waals surface area contributed by atoms with Crippen molar-refractivity contribution in [3.05, 3.63) is 23.7 Å². The van der Waals surface area contributed by atoms with Crippen molar-refractivity contribution in [2.24, 2.45) is 5.84 Å². The Hall–Kier alpha value is -1.37. The molecule has 0 aromatic carbocycles. The summed E-state index contributed by atoms with van der Waals surface area (Å²) in [5.74, 6) is 5.38. The summed E-state index contributed by atoms with van der Waals surface area (Å²) >= 11 is 0. The van der Waals surface area contributed by atoms with Crippen LogP contribution in [0.15, 0.2) is 16.7 Å². The van der Waals surface area contributed by atoms with Crippen LogP contribution in [0.2, 0.25) is 0 Å². The molecule has 0 saturated heterocycles. The molecular formula is C11H19N3O3. The highest BCUT2D eigenvalue weighted by Crippen LogP contribution is 2.13. The van der Waals surface area contributed by atoms with Crippen LogP contribution in [0.4, 0.5) is 0 Å². The standard InChI is InChI=1S/C11H19N3O3/c1-3-14(5-7-16-2)8-10-9(4-6-17-10)11(15)13-12/h4,6H,3,5,7-8,12H2,1-2H3,(H,13,15).